The number of hydrogen-bond donors (Lipinski definition) is 0. The lowest BCUT2D eigenvalue weighted by molar-refractivity contribution is 0.669. The molecule has 0 aliphatic heterocycles. The van der Waals surface area contributed by atoms with Crippen molar-refractivity contribution in [1.29, 1.82) is 0 Å². The number of nitrogens with zero attached hydrogens (tertiary/aromatic N) is 2. The minimum absolute atomic E-state index is 0.520. The molecule has 8 aromatic carbocycles. The minimum Gasteiger partial charge on any atom is -0.456 e. The summed E-state index contributed by atoms with van der Waals surface area (Å²) in [5.74, 6) is 0. The average Bonchev–Trinajstić information content (AvgIpc) is 3.53. The lowest BCUT2D eigenvalue weighted by atomic mass is 9.99. The van der Waals surface area contributed by atoms with E-state index in [-0.39, 0.29) is 0 Å². The van der Waals surface area contributed by atoms with Gasteiger partial charge in [0, 0.05) is 39.3 Å². The molecular formula is C47H29BN2O. The molecule has 0 bridgehead atoms. The van der Waals surface area contributed by atoms with Crippen molar-refractivity contribution in [3.63, 3.8) is 0 Å². The topological polar surface area (TPSA) is 29.3 Å². The number of rotatable bonds is 5. The molecule has 0 saturated heterocycles. The van der Waals surface area contributed by atoms with E-state index in [4.69, 9.17) is 12.3 Å². The van der Waals surface area contributed by atoms with Gasteiger partial charge in [0.25, 0.3) is 0 Å². The summed E-state index contributed by atoms with van der Waals surface area (Å²) in [7, 11) is 6.00. The summed E-state index contributed by atoms with van der Waals surface area (Å²) in [6.07, 6.45) is 0. The van der Waals surface area contributed by atoms with Crippen LogP contribution in [0, 0.1) is 0 Å². The number of benzene rings is 8. The molecule has 236 valence electrons. The van der Waals surface area contributed by atoms with Crippen LogP contribution in [0.2, 0.25) is 0 Å². The van der Waals surface area contributed by atoms with E-state index in [9.17, 15) is 0 Å². The molecule has 0 spiro atoms. The van der Waals surface area contributed by atoms with Crippen molar-refractivity contribution in [2.45, 2.75) is 0 Å². The third-order valence-corrected chi connectivity index (χ3v) is 9.96. The van der Waals surface area contributed by atoms with Gasteiger partial charge in [-0.05, 0) is 110 Å². The van der Waals surface area contributed by atoms with E-state index in [0.29, 0.717) is 5.59 Å². The molecule has 0 fully saturated rings. The van der Waals surface area contributed by atoms with Crippen molar-refractivity contribution in [1.82, 2.24) is 4.98 Å². The van der Waals surface area contributed by atoms with Crippen LogP contribution in [0.25, 0.3) is 76.6 Å². The smallest absolute Gasteiger partial charge is 0.141 e. The Morgan fingerprint density at radius 3 is 1.63 bits per heavy atom. The van der Waals surface area contributed by atoms with Gasteiger partial charge in [0.05, 0.1) is 5.52 Å². The zero-order chi connectivity index (χ0) is 33.9. The Balaban J connectivity index is 1.07. The van der Waals surface area contributed by atoms with Crippen molar-refractivity contribution < 1.29 is 4.42 Å². The number of aromatic nitrogens is 1. The summed E-state index contributed by atoms with van der Waals surface area (Å²) < 4.78 is 6.51. The molecule has 0 aliphatic rings. The van der Waals surface area contributed by atoms with Gasteiger partial charge in [-0.3, -0.25) is 4.98 Å². The summed E-state index contributed by atoms with van der Waals surface area (Å²) >= 11 is 0. The van der Waals surface area contributed by atoms with Gasteiger partial charge in [-0.25, -0.2) is 0 Å². The first-order chi connectivity index (χ1) is 25.1. The first kappa shape index (κ1) is 29.3. The predicted molar refractivity (Wildman–Crippen MR) is 215 cm³/mol. The number of hydrogen-bond acceptors (Lipinski definition) is 3. The van der Waals surface area contributed by atoms with Crippen LogP contribution in [-0.2, 0) is 0 Å². The molecule has 2 aromatic heterocycles. The van der Waals surface area contributed by atoms with E-state index in [2.05, 4.69) is 174 Å². The summed E-state index contributed by atoms with van der Waals surface area (Å²) in [6, 6.07) is 62.2. The highest BCUT2D eigenvalue weighted by Crippen LogP contribution is 2.40. The maximum absolute atomic E-state index is 6.51. The van der Waals surface area contributed by atoms with Crippen LogP contribution in [0.5, 0.6) is 0 Å². The van der Waals surface area contributed by atoms with E-state index >= 15 is 0 Å². The van der Waals surface area contributed by atoms with Crippen LogP contribution in [-0.4, -0.2) is 12.8 Å². The third-order valence-electron chi connectivity index (χ3n) is 9.96. The van der Waals surface area contributed by atoms with E-state index in [1.165, 1.54) is 32.7 Å². The predicted octanol–water partition coefficient (Wildman–Crippen LogP) is 12.0. The normalized spacial score (nSPS) is 11.6. The monoisotopic (exact) mass is 648 g/mol. The van der Waals surface area contributed by atoms with Gasteiger partial charge in [-0.15, -0.1) is 0 Å². The molecule has 3 nitrogen and oxygen atoms in total. The number of anilines is 3. The molecule has 10 rings (SSSR count). The van der Waals surface area contributed by atoms with Crippen molar-refractivity contribution in [2.75, 3.05) is 4.90 Å². The highest BCUT2D eigenvalue weighted by molar-refractivity contribution is 6.31. The van der Waals surface area contributed by atoms with Gasteiger partial charge in [0.1, 0.15) is 19.0 Å². The van der Waals surface area contributed by atoms with Crippen LogP contribution >= 0.6 is 0 Å². The fraction of sp³-hybridized carbons (Fsp3) is 0. The molecule has 0 aliphatic carbocycles. The summed E-state index contributed by atoms with van der Waals surface area (Å²) in [6.45, 7) is 0. The standard InChI is InChI=1S/C47H29BN2O/c48-47-24-17-33-10-12-38(27-44(33)49-47)32-15-20-40(21-16-32)50(39-18-13-31(14-19-39)37-11-9-30-5-1-2-6-34(30)25-37)41-22-23-42-43-26-35-7-3-4-8-36(35)28-45(43)51-46(42)29-41/h1-29H. The van der Waals surface area contributed by atoms with Gasteiger partial charge in [0.15, 0.2) is 0 Å². The molecule has 0 atom stereocenters. The van der Waals surface area contributed by atoms with Gasteiger partial charge >= 0.3 is 0 Å². The van der Waals surface area contributed by atoms with Crippen LogP contribution < -0.4 is 10.5 Å². The molecule has 0 amide bonds. The quantitative estimate of drug-likeness (QED) is 0.174. The summed E-state index contributed by atoms with van der Waals surface area (Å²) in [5, 5.41) is 8.14. The lowest BCUT2D eigenvalue weighted by Gasteiger charge is -2.26. The van der Waals surface area contributed by atoms with E-state index in [1.54, 1.807) is 0 Å². The van der Waals surface area contributed by atoms with E-state index < -0.39 is 0 Å². The number of furan rings is 1. The molecule has 10 aromatic rings. The highest BCUT2D eigenvalue weighted by atomic mass is 16.3. The average molecular weight is 649 g/mol. The van der Waals surface area contributed by atoms with Crippen molar-refractivity contribution >= 4 is 84.9 Å². The molecule has 4 heteroatoms. The van der Waals surface area contributed by atoms with Gasteiger partial charge < -0.3 is 9.32 Å². The maximum Gasteiger partial charge on any atom is 0.141 e. The van der Waals surface area contributed by atoms with Gasteiger partial charge in [0.2, 0.25) is 0 Å². The third kappa shape index (κ3) is 5.20. The van der Waals surface area contributed by atoms with Crippen LogP contribution in [0.1, 0.15) is 0 Å². The Bertz CT molecular complexity index is 2930. The van der Waals surface area contributed by atoms with Crippen molar-refractivity contribution in [3.05, 3.63) is 176 Å². The molecule has 2 radical (unpaired) electrons. The Labute approximate surface area is 296 Å². The van der Waals surface area contributed by atoms with Crippen molar-refractivity contribution in [2.24, 2.45) is 0 Å². The van der Waals surface area contributed by atoms with Crippen LogP contribution in [0.15, 0.2) is 180 Å². The lowest BCUT2D eigenvalue weighted by Crippen LogP contribution is -2.09. The molecule has 0 N–H and O–H groups in total. The number of pyridine rings is 1. The zero-order valence-electron chi connectivity index (χ0n) is 27.6. The second-order valence-electron chi connectivity index (χ2n) is 13.1. The molecular weight excluding hydrogens is 619 g/mol. The van der Waals surface area contributed by atoms with Gasteiger partial charge in [-0.1, -0.05) is 109 Å². The molecule has 0 saturated carbocycles. The minimum atomic E-state index is 0.520. The zero-order valence-corrected chi connectivity index (χ0v) is 27.6. The van der Waals surface area contributed by atoms with E-state index in [0.717, 1.165) is 61.0 Å². The fourth-order valence-electron chi connectivity index (χ4n) is 7.32. The van der Waals surface area contributed by atoms with Crippen molar-refractivity contribution in [3.8, 4) is 22.3 Å². The SMILES string of the molecule is [B]c1ccc2ccc(-c3ccc(N(c4ccc(-c5ccc6ccccc6c5)cc4)c4ccc5c(c4)oc4cc6ccccc6cc45)cc3)cc2n1. The Morgan fingerprint density at radius 1 is 0.392 bits per heavy atom. The Kier molecular flexibility index (Phi) is 6.75. The number of fused-ring (bicyclic) bond motifs is 6. The summed E-state index contributed by atoms with van der Waals surface area (Å²) in [5.41, 5.74) is 10.8. The van der Waals surface area contributed by atoms with Crippen LogP contribution in [0.4, 0.5) is 17.1 Å². The first-order valence-electron chi connectivity index (χ1n) is 17.1. The Morgan fingerprint density at radius 2 is 0.922 bits per heavy atom. The second-order valence-corrected chi connectivity index (χ2v) is 13.1. The maximum atomic E-state index is 6.51. The van der Waals surface area contributed by atoms with E-state index in [1.807, 2.05) is 12.1 Å². The molecule has 51 heavy (non-hydrogen) atoms. The first-order valence-corrected chi connectivity index (χ1v) is 17.1. The molecule has 2 heterocycles. The fourth-order valence-corrected chi connectivity index (χ4v) is 7.32. The second kappa shape index (κ2) is 11.8. The largest absolute Gasteiger partial charge is 0.456 e. The molecule has 0 unspecified atom stereocenters. The Hall–Kier alpha value is -6.65. The highest BCUT2D eigenvalue weighted by Gasteiger charge is 2.17. The van der Waals surface area contributed by atoms with Gasteiger partial charge in [-0.2, -0.15) is 0 Å². The van der Waals surface area contributed by atoms with Crippen LogP contribution in [0.3, 0.4) is 0 Å². The summed E-state index contributed by atoms with van der Waals surface area (Å²) in [4.78, 5) is 6.84.